The van der Waals surface area contributed by atoms with Crippen LogP contribution in [0.3, 0.4) is 0 Å². The predicted octanol–water partition coefficient (Wildman–Crippen LogP) is 1.77. The first-order chi connectivity index (χ1) is 15.5. The van der Waals surface area contributed by atoms with Gasteiger partial charge in [0.2, 0.25) is 5.91 Å². The van der Waals surface area contributed by atoms with E-state index in [1.54, 1.807) is 18.5 Å². The number of nitrogens with one attached hydrogen (secondary N) is 2. The van der Waals surface area contributed by atoms with Gasteiger partial charge in [0.25, 0.3) is 0 Å². The van der Waals surface area contributed by atoms with E-state index in [4.69, 9.17) is 10.00 Å². The van der Waals surface area contributed by atoms with Gasteiger partial charge in [-0.05, 0) is 18.2 Å². The number of aromatic amines is 1. The SMILES string of the molecule is CC(=O)NCC1CN(c2ccc(-c3cn(C(CC#N)c4cnc[nH]4)nn3)c(F)c2)C(=O)O1. The normalized spacial score (nSPS) is 16.5. The number of hydrogen-bond donors (Lipinski definition) is 2. The van der Waals surface area contributed by atoms with Gasteiger partial charge in [-0.1, -0.05) is 5.21 Å². The molecular formula is C20H19FN8O3. The molecule has 12 heteroatoms. The van der Waals surface area contributed by atoms with Crippen molar-refractivity contribution in [1.82, 2.24) is 30.3 Å². The van der Waals surface area contributed by atoms with Crippen LogP contribution in [-0.2, 0) is 9.53 Å². The lowest BCUT2D eigenvalue weighted by molar-refractivity contribution is -0.119. The molecule has 2 N–H and O–H groups in total. The molecule has 1 fully saturated rings. The molecule has 4 rings (SSSR count). The zero-order valence-electron chi connectivity index (χ0n) is 17.0. The van der Waals surface area contributed by atoms with Crippen LogP contribution in [0, 0.1) is 17.1 Å². The molecule has 32 heavy (non-hydrogen) atoms. The van der Waals surface area contributed by atoms with E-state index in [1.165, 1.54) is 35.0 Å². The van der Waals surface area contributed by atoms with Crippen LogP contribution < -0.4 is 10.2 Å². The van der Waals surface area contributed by atoms with E-state index in [1.807, 2.05) is 0 Å². The number of halogens is 1. The summed E-state index contributed by atoms with van der Waals surface area (Å²) in [4.78, 5) is 31.4. The second-order valence-corrected chi connectivity index (χ2v) is 7.19. The van der Waals surface area contributed by atoms with E-state index in [9.17, 15) is 14.0 Å². The van der Waals surface area contributed by atoms with Crippen molar-refractivity contribution in [2.75, 3.05) is 18.0 Å². The van der Waals surface area contributed by atoms with E-state index in [-0.39, 0.29) is 36.7 Å². The minimum absolute atomic E-state index is 0.128. The highest BCUT2D eigenvalue weighted by molar-refractivity contribution is 5.90. The minimum Gasteiger partial charge on any atom is -0.442 e. The number of cyclic esters (lactones) is 1. The van der Waals surface area contributed by atoms with Gasteiger partial charge in [0.1, 0.15) is 23.7 Å². The van der Waals surface area contributed by atoms with Crippen molar-refractivity contribution in [2.24, 2.45) is 0 Å². The van der Waals surface area contributed by atoms with E-state index >= 15 is 0 Å². The molecule has 1 aliphatic heterocycles. The van der Waals surface area contributed by atoms with Gasteiger partial charge in [-0.25, -0.2) is 18.9 Å². The second-order valence-electron chi connectivity index (χ2n) is 7.19. The summed E-state index contributed by atoms with van der Waals surface area (Å²) in [6, 6.07) is 5.96. The Morgan fingerprint density at radius 1 is 1.50 bits per heavy atom. The predicted molar refractivity (Wildman–Crippen MR) is 109 cm³/mol. The van der Waals surface area contributed by atoms with Crippen molar-refractivity contribution in [3.05, 3.63) is 48.4 Å². The van der Waals surface area contributed by atoms with Crippen LogP contribution >= 0.6 is 0 Å². The monoisotopic (exact) mass is 438 g/mol. The third-order valence-corrected chi connectivity index (χ3v) is 4.99. The molecule has 3 heterocycles. The molecule has 2 atom stereocenters. The maximum Gasteiger partial charge on any atom is 0.414 e. The third-order valence-electron chi connectivity index (χ3n) is 4.99. The van der Waals surface area contributed by atoms with Crippen molar-refractivity contribution in [3.8, 4) is 17.3 Å². The molecule has 11 nitrogen and oxygen atoms in total. The zero-order chi connectivity index (χ0) is 22.7. The Morgan fingerprint density at radius 3 is 3.03 bits per heavy atom. The summed E-state index contributed by atoms with van der Waals surface area (Å²) >= 11 is 0. The highest BCUT2D eigenvalue weighted by atomic mass is 19.1. The molecule has 0 radical (unpaired) electrons. The van der Waals surface area contributed by atoms with E-state index in [0.29, 0.717) is 11.4 Å². The van der Waals surface area contributed by atoms with Crippen LogP contribution in [0.25, 0.3) is 11.3 Å². The van der Waals surface area contributed by atoms with Gasteiger partial charge in [0.05, 0.1) is 55.7 Å². The third kappa shape index (κ3) is 4.27. The average Bonchev–Trinajstić information content (AvgIpc) is 3.52. The number of H-pyrrole nitrogens is 1. The first kappa shape index (κ1) is 21.0. The fourth-order valence-corrected chi connectivity index (χ4v) is 3.41. The Labute approximate surface area is 181 Å². The maximum absolute atomic E-state index is 14.9. The van der Waals surface area contributed by atoms with Crippen LogP contribution in [0.5, 0.6) is 0 Å². The number of aromatic nitrogens is 5. The first-order valence-corrected chi connectivity index (χ1v) is 9.76. The lowest BCUT2D eigenvalue weighted by Gasteiger charge is -2.14. The number of ether oxygens (including phenoxy) is 1. The number of nitriles is 1. The number of amides is 2. The summed E-state index contributed by atoms with van der Waals surface area (Å²) in [5.74, 6) is -0.821. The second kappa shape index (κ2) is 8.84. The Kier molecular flexibility index (Phi) is 5.80. The number of nitrogens with zero attached hydrogens (tertiary/aromatic N) is 6. The summed E-state index contributed by atoms with van der Waals surface area (Å²) < 4.78 is 21.6. The van der Waals surface area contributed by atoms with Crippen LogP contribution in [0.4, 0.5) is 14.9 Å². The van der Waals surface area contributed by atoms with Gasteiger partial charge in [-0.2, -0.15) is 5.26 Å². The highest BCUT2D eigenvalue weighted by Gasteiger charge is 2.33. The summed E-state index contributed by atoms with van der Waals surface area (Å²) in [5, 5.41) is 19.8. The lowest BCUT2D eigenvalue weighted by Crippen LogP contribution is -2.33. The van der Waals surface area contributed by atoms with Crippen molar-refractivity contribution in [2.45, 2.75) is 25.5 Å². The molecule has 1 saturated heterocycles. The largest absolute Gasteiger partial charge is 0.442 e. The maximum atomic E-state index is 14.9. The van der Waals surface area contributed by atoms with E-state index < -0.39 is 24.1 Å². The number of imidazole rings is 1. The summed E-state index contributed by atoms with van der Waals surface area (Å²) in [6.07, 6.45) is 3.64. The number of anilines is 1. The number of rotatable bonds is 7. The van der Waals surface area contributed by atoms with Crippen molar-refractivity contribution >= 4 is 17.7 Å². The minimum atomic E-state index is -0.614. The summed E-state index contributed by atoms with van der Waals surface area (Å²) in [6.45, 7) is 1.74. The molecule has 0 saturated carbocycles. The van der Waals surface area contributed by atoms with E-state index in [0.717, 1.165) is 0 Å². The number of carbonyl (C=O) groups is 2. The van der Waals surface area contributed by atoms with Gasteiger partial charge >= 0.3 is 6.09 Å². The standard InChI is InChI=1S/C20H19FN8O3/c1-12(30)24-7-14-9-28(20(31)32-14)13-2-3-15(16(21)6-13)18-10-29(27-26-18)19(4-5-22)17-8-23-11-25-17/h2-3,6,8,10-11,14,19H,4,7,9H2,1H3,(H,23,25)(H,24,30). The molecule has 1 aliphatic rings. The van der Waals surface area contributed by atoms with E-state index in [2.05, 4.69) is 31.7 Å². The van der Waals surface area contributed by atoms with Gasteiger partial charge < -0.3 is 15.0 Å². The highest BCUT2D eigenvalue weighted by Crippen LogP contribution is 2.29. The fraction of sp³-hybridized carbons (Fsp3) is 0.300. The molecule has 0 bridgehead atoms. The topological polar surface area (TPSA) is 142 Å². The lowest BCUT2D eigenvalue weighted by atomic mass is 10.1. The summed E-state index contributed by atoms with van der Waals surface area (Å²) in [5.41, 5.74) is 1.49. The molecule has 0 spiro atoms. The van der Waals surface area contributed by atoms with Crippen molar-refractivity contribution in [3.63, 3.8) is 0 Å². The molecule has 3 aromatic rings. The Balaban J connectivity index is 1.53. The van der Waals surface area contributed by atoms with Crippen LogP contribution in [0.2, 0.25) is 0 Å². The molecular weight excluding hydrogens is 419 g/mol. The number of hydrogen-bond acceptors (Lipinski definition) is 7. The average molecular weight is 438 g/mol. The smallest absolute Gasteiger partial charge is 0.414 e. The van der Waals surface area contributed by atoms with Crippen LogP contribution in [0.1, 0.15) is 25.1 Å². The first-order valence-electron chi connectivity index (χ1n) is 9.76. The van der Waals surface area contributed by atoms with Crippen molar-refractivity contribution in [1.29, 1.82) is 5.26 Å². The molecule has 2 aromatic heterocycles. The molecule has 0 aliphatic carbocycles. The Bertz CT molecular complexity index is 1170. The molecule has 2 amide bonds. The van der Waals surface area contributed by atoms with Gasteiger partial charge in [-0.3, -0.25) is 9.69 Å². The van der Waals surface area contributed by atoms with Crippen LogP contribution in [0.15, 0.2) is 36.9 Å². The number of benzene rings is 1. The van der Waals surface area contributed by atoms with Gasteiger partial charge in [-0.15, -0.1) is 5.10 Å². The summed E-state index contributed by atoms with van der Waals surface area (Å²) in [7, 11) is 0. The fourth-order valence-electron chi connectivity index (χ4n) is 3.41. The van der Waals surface area contributed by atoms with Crippen molar-refractivity contribution < 1.29 is 18.7 Å². The Hall–Kier alpha value is -4.27. The van der Waals surface area contributed by atoms with Gasteiger partial charge in [0, 0.05) is 12.5 Å². The quantitative estimate of drug-likeness (QED) is 0.572. The zero-order valence-corrected chi connectivity index (χ0v) is 17.0. The van der Waals surface area contributed by atoms with Crippen LogP contribution in [-0.4, -0.2) is 56.2 Å². The molecule has 1 aromatic carbocycles. The Morgan fingerprint density at radius 2 is 2.34 bits per heavy atom. The van der Waals surface area contributed by atoms with Gasteiger partial charge in [0.15, 0.2) is 0 Å². The molecule has 2 unspecified atom stereocenters. The number of carbonyl (C=O) groups excluding carboxylic acids is 2. The molecule has 164 valence electrons.